The lowest BCUT2D eigenvalue weighted by molar-refractivity contribution is 0.0719. The Bertz CT molecular complexity index is 2330. The lowest BCUT2D eigenvalue weighted by atomic mass is 10.0. The van der Waals surface area contributed by atoms with Crippen molar-refractivity contribution in [3.05, 3.63) is 178 Å². The quantitative estimate of drug-likeness (QED) is 0.0363. The van der Waals surface area contributed by atoms with Crippen LogP contribution in [0.4, 0.5) is 17.6 Å². The van der Waals surface area contributed by atoms with Crippen LogP contribution < -0.4 is 9.47 Å². The van der Waals surface area contributed by atoms with Crippen molar-refractivity contribution in [1.82, 2.24) is 0 Å². The molecule has 6 rings (SSSR count). The van der Waals surface area contributed by atoms with Crippen LogP contribution in [0.15, 0.2) is 121 Å². The van der Waals surface area contributed by atoms with Gasteiger partial charge in [0.05, 0.1) is 22.8 Å². The van der Waals surface area contributed by atoms with E-state index in [2.05, 4.69) is 5.92 Å². The first-order chi connectivity index (χ1) is 27.6. The smallest absolute Gasteiger partial charge is 0.346 e. The summed E-state index contributed by atoms with van der Waals surface area (Å²) in [4.78, 5) is 25.4. The van der Waals surface area contributed by atoms with E-state index in [0.29, 0.717) is 40.7 Å². The largest absolute Gasteiger partial charge is 0.423 e. The van der Waals surface area contributed by atoms with Gasteiger partial charge in [0.2, 0.25) is 0 Å². The van der Waals surface area contributed by atoms with Crippen LogP contribution in [0.5, 0.6) is 11.5 Å². The van der Waals surface area contributed by atoms with Gasteiger partial charge >= 0.3 is 11.9 Å². The van der Waals surface area contributed by atoms with Crippen LogP contribution in [0.25, 0.3) is 22.3 Å². The molecule has 6 aromatic rings. The standard InChI is InChI=1S/C48H35F4NO4/c1-2-31-10-16-35(17-11-31)39-24-20-37(28-45(39)51)56-47(54)41-22-14-32(26-43(41)49)8-6-4-3-5-7-9-33-15-23-42(44(50)27-33)48(55)57-38-21-25-40(46(52)29-38)36-18-12-34(30-53)13-19-36/h1,10-29H,3-9H2. The number of hydrogen-bond acceptors (Lipinski definition) is 5. The maximum Gasteiger partial charge on any atom is 0.346 e. The topological polar surface area (TPSA) is 76.4 Å². The number of unbranched alkanes of at least 4 members (excludes halogenated alkanes) is 4. The number of carbonyl (C=O) groups is 2. The minimum atomic E-state index is -0.943. The second kappa shape index (κ2) is 18.6. The number of carbonyl (C=O) groups excluding carboxylic acids is 2. The number of aryl methyl sites for hydroxylation is 2. The maximum atomic E-state index is 14.9. The highest BCUT2D eigenvalue weighted by molar-refractivity contribution is 5.92. The van der Waals surface area contributed by atoms with Crippen molar-refractivity contribution in [3.63, 3.8) is 0 Å². The summed E-state index contributed by atoms with van der Waals surface area (Å²) in [6.45, 7) is 0. The third kappa shape index (κ3) is 10.2. The van der Waals surface area contributed by atoms with Gasteiger partial charge in [0.25, 0.3) is 0 Å². The zero-order valence-corrected chi connectivity index (χ0v) is 30.7. The van der Waals surface area contributed by atoms with Crippen LogP contribution in [0.1, 0.15) is 75.1 Å². The summed E-state index contributed by atoms with van der Waals surface area (Å²) in [5, 5.41) is 8.96. The molecule has 0 amide bonds. The maximum absolute atomic E-state index is 14.9. The van der Waals surface area contributed by atoms with Crippen LogP contribution in [-0.2, 0) is 12.8 Å². The molecule has 0 aliphatic carbocycles. The van der Waals surface area contributed by atoms with Crippen molar-refractivity contribution in [2.45, 2.75) is 44.9 Å². The number of halogens is 4. The minimum Gasteiger partial charge on any atom is -0.423 e. The molecule has 0 fully saturated rings. The van der Waals surface area contributed by atoms with E-state index in [-0.39, 0.29) is 28.2 Å². The van der Waals surface area contributed by atoms with E-state index >= 15 is 0 Å². The number of rotatable bonds is 14. The van der Waals surface area contributed by atoms with E-state index in [1.807, 2.05) is 6.07 Å². The molecule has 57 heavy (non-hydrogen) atoms. The Kier molecular flexibility index (Phi) is 12.9. The highest BCUT2D eigenvalue weighted by Crippen LogP contribution is 2.29. The molecule has 0 aliphatic heterocycles. The van der Waals surface area contributed by atoms with Crippen LogP contribution in [0.2, 0.25) is 0 Å². The Morgan fingerprint density at radius 3 is 1.32 bits per heavy atom. The van der Waals surface area contributed by atoms with Gasteiger partial charge in [-0.3, -0.25) is 0 Å². The van der Waals surface area contributed by atoms with Crippen molar-refractivity contribution < 1.29 is 36.6 Å². The number of esters is 2. The van der Waals surface area contributed by atoms with Crippen molar-refractivity contribution >= 4 is 11.9 Å². The molecule has 284 valence electrons. The number of nitrogens with zero attached hydrogens (tertiary/aromatic N) is 1. The molecule has 0 radical (unpaired) electrons. The molecule has 0 aliphatic rings. The van der Waals surface area contributed by atoms with Gasteiger partial charge in [0.1, 0.15) is 34.8 Å². The molecule has 0 spiro atoms. The van der Waals surface area contributed by atoms with Crippen LogP contribution in [0.3, 0.4) is 0 Å². The molecule has 0 N–H and O–H groups in total. The molecule has 5 nitrogen and oxygen atoms in total. The summed E-state index contributed by atoms with van der Waals surface area (Å²) >= 11 is 0. The fourth-order valence-corrected chi connectivity index (χ4v) is 6.33. The highest BCUT2D eigenvalue weighted by Gasteiger charge is 2.18. The molecule has 0 heterocycles. The van der Waals surface area contributed by atoms with E-state index in [4.69, 9.17) is 21.2 Å². The minimum absolute atomic E-state index is 0.0493. The fourth-order valence-electron chi connectivity index (χ4n) is 6.33. The monoisotopic (exact) mass is 765 g/mol. The average Bonchev–Trinajstić information content (AvgIpc) is 3.20. The van der Waals surface area contributed by atoms with E-state index in [9.17, 15) is 27.2 Å². The van der Waals surface area contributed by atoms with Gasteiger partial charge in [-0.1, -0.05) is 61.6 Å². The Labute approximate surface area is 328 Å². The zero-order chi connectivity index (χ0) is 40.3. The van der Waals surface area contributed by atoms with Gasteiger partial charge in [0.15, 0.2) is 0 Å². The molecule has 0 atom stereocenters. The number of nitriles is 1. The van der Waals surface area contributed by atoms with E-state index in [1.165, 1.54) is 48.5 Å². The number of benzene rings is 6. The number of terminal acetylenes is 1. The summed E-state index contributed by atoms with van der Waals surface area (Å²) in [7, 11) is 0. The van der Waals surface area contributed by atoms with Gasteiger partial charge < -0.3 is 9.47 Å². The number of ether oxygens (including phenoxy) is 2. The third-order valence-corrected chi connectivity index (χ3v) is 9.43. The van der Waals surface area contributed by atoms with Crippen LogP contribution >= 0.6 is 0 Å². The fraction of sp³-hybridized carbons (Fsp3) is 0.146. The Morgan fingerprint density at radius 1 is 0.509 bits per heavy atom. The molecule has 0 saturated heterocycles. The normalized spacial score (nSPS) is 10.7. The van der Waals surface area contributed by atoms with Gasteiger partial charge in [-0.15, -0.1) is 6.42 Å². The zero-order valence-electron chi connectivity index (χ0n) is 30.7. The Morgan fingerprint density at radius 2 is 0.930 bits per heavy atom. The van der Waals surface area contributed by atoms with Crippen LogP contribution in [0, 0.1) is 46.9 Å². The summed E-state index contributed by atoms with van der Waals surface area (Å²) in [5.41, 5.74) is 3.78. The first-order valence-corrected chi connectivity index (χ1v) is 18.3. The third-order valence-electron chi connectivity index (χ3n) is 9.43. The summed E-state index contributed by atoms with van der Waals surface area (Å²) in [5.74, 6) is -2.18. The summed E-state index contributed by atoms with van der Waals surface area (Å²) in [6, 6.07) is 31.8. The molecule has 0 unspecified atom stereocenters. The average molecular weight is 766 g/mol. The van der Waals surface area contributed by atoms with E-state index < -0.39 is 35.2 Å². The molecular weight excluding hydrogens is 731 g/mol. The highest BCUT2D eigenvalue weighted by atomic mass is 19.1. The lowest BCUT2D eigenvalue weighted by Crippen LogP contribution is -2.11. The van der Waals surface area contributed by atoms with E-state index in [0.717, 1.165) is 55.4 Å². The predicted molar refractivity (Wildman–Crippen MR) is 210 cm³/mol. The summed E-state index contributed by atoms with van der Waals surface area (Å²) in [6.07, 6.45) is 10.9. The van der Waals surface area contributed by atoms with Gasteiger partial charge in [-0.2, -0.15) is 5.26 Å². The molecule has 0 bridgehead atoms. The van der Waals surface area contributed by atoms with Crippen molar-refractivity contribution in [2.75, 3.05) is 0 Å². The van der Waals surface area contributed by atoms with Crippen molar-refractivity contribution in [2.24, 2.45) is 0 Å². The molecule has 6 aromatic carbocycles. The first kappa shape index (κ1) is 39.7. The summed E-state index contributed by atoms with van der Waals surface area (Å²) < 4.78 is 69.9. The van der Waals surface area contributed by atoms with Crippen molar-refractivity contribution in [1.29, 1.82) is 5.26 Å². The molecular formula is C48H35F4NO4. The van der Waals surface area contributed by atoms with Gasteiger partial charge in [-0.25, -0.2) is 27.2 Å². The molecule has 0 saturated carbocycles. The lowest BCUT2D eigenvalue weighted by Gasteiger charge is -2.09. The molecule has 0 aromatic heterocycles. The second-order valence-electron chi connectivity index (χ2n) is 13.4. The first-order valence-electron chi connectivity index (χ1n) is 18.3. The molecule has 9 heteroatoms. The van der Waals surface area contributed by atoms with E-state index in [1.54, 1.807) is 60.7 Å². The second-order valence-corrected chi connectivity index (χ2v) is 13.4. The van der Waals surface area contributed by atoms with Gasteiger partial charge in [0, 0.05) is 28.8 Å². The van der Waals surface area contributed by atoms with Crippen LogP contribution in [-0.4, -0.2) is 11.9 Å². The SMILES string of the molecule is C#Cc1ccc(-c2ccc(OC(=O)c3ccc(CCCCCCCc4ccc(C(=O)Oc5ccc(-c6ccc(C#N)cc6)c(F)c5)c(F)c4)cc3F)cc2F)cc1. The Balaban J connectivity index is 0.905. The van der Waals surface area contributed by atoms with Crippen molar-refractivity contribution in [3.8, 4) is 52.2 Å². The number of hydrogen-bond donors (Lipinski definition) is 0. The predicted octanol–water partition coefficient (Wildman–Crippen LogP) is 11.6. The Hall–Kier alpha value is -6.97. The van der Waals surface area contributed by atoms with Gasteiger partial charge in [-0.05, 0) is 121 Å².